The van der Waals surface area contributed by atoms with Gasteiger partial charge in [-0.05, 0) is 39.3 Å². The molecule has 2 aliphatic rings. The molecule has 1 aliphatic heterocycles. The average Bonchev–Trinajstić information content (AvgIpc) is 2.19. The Morgan fingerprint density at radius 3 is 2.71 bits per heavy atom. The third kappa shape index (κ3) is 1.91. The van der Waals surface area contributed by atoms with Crippen molar-refractivity contribution in [3.05, 3.63) is 23.8 Å². The summed E-state index contributed by atoms with van der Waals surface area (Å²) in [6.07, 6.45) is 9.31. The molecule has 1 fully saturated rings. The summed E-state index contributed by atoms with van der Waals surface area (Å²) in [4.78, 5) is 0. The lowest BCUT2D eigenvalue weighted by atomic mass is 9.76. The molecule has 1 unspecified atom stereocenters. The van der Waals surface area contributed by atoms with Crippen LogP contribution < -0.4 is 5.32 Å². The van der Waals surface area contributed by atoms with Gasteiger partial charge in [0.15, 0.2) is 0 Å². The van der Waals surface area contributed by atoms with Gasteiger partial charge in [-0.1, -0.05) is 23.8 Å². The van der Waals surface area contributed by atoms with Crippen LogP contribution in [-0.4, -0.2) is 23.8 Å². The van der Waals surface area contributed by atoms with E-state index < -0.39 is 5.60 Å². The van der Waals surface area contributed by atoms with E-state index in [2.05, 4.69) is 30.5 Å². The molecule has 2 nitrogen and oxygen atoms in total. The van der Waals surface area contributed by atoms with Crippen molar-refractivity contribution in [1.82, 2.24) is 5.32 Å². The summed E-state index contributed by atoms with van der Waals surface area (Å²) in [6.45, 7) is 4.01. The van der Waals surface area contributed by atoms with Gasteiger partial charge in [0.2, 0.25) is 0 Å². The van der Waals surface area contributed by atoms with Gasteiger partial charge in [0.05, 0.1) is 5.60 Å². The van der Waals surface area contributed by atoms with E-state index in [1.807, 2.05) is 0 Å². The van der Waals surface area contributed by atoms with Crippen LogP contribution in [0.25, 0.3) is 0 Å². The van der Waals surface area contributed by atoms with Crippen LogP contribution in [0.4, 0.5) is 0 Å². The van der Waals surface area contributed by atoms with Crippen LogP contribution in [0.2, 0.25) is 0 Å². The van der Waals surface area contributed by atoms with Crippen LogP contribution in [0.3, 0.4) is 0 Å². The van der Waals surface area contributed by atoms with Gasteiger partial charge < -0.3 is 10.4 Å². The summed E-state index contributed by atoms with van der Waals surface area (Å²) in [5.41, 5.74) is 0.859. The molecule has 2 heteroatoms. The lowest BCUT2D eigenvalue weighted by Gasteiger charge is -2.38. The van der Waals surface area contributed by atoms with Crippen LogP contribution in [0.15, 0.2) is 23.8 Å². The van der Waals surface area contributed by atoms with Crippen molar-refractivity contribution < 1.29 is 5.11 Å². The minimum atomic E-state index is -0.459. The molecule has 2 N–H and O–H groups in total. The first-order valence-electron chi connectivity index (χ1n) is 5.49. The molecule has 0 bridgehead atoms. The average molecular weight is 193 g/mol. The Balaban J connectivity index is 2.04. The third-order valence-corrected chi connectivity index (χ3v) is 3.44. The van der Waals surface area contributed by atoms with Crippen molar-refractivity contribution in [1.29, 1.82) is 0 Å². The second-order valence-corrected chi connectivity index (χ2v) is 4.50. The number of piperidine rings is 1. The first kappa shape index (κ1) is 9.94. The second kappa shape index (κ2) is 3.87. The van der Waals surface area contributed by atoms with Crippen LogP contribution >= 0.6 is 0 Å². The predicted octanol–water partition coefficient (Wildman–Crippen LogP) is 1.62. The molecule has 0 amide bonds. The zero-order valence-electron chi connectivity index (χ0n) is 8.79. The number of hydrogen-bond donors (Lipinski definition) is 2. The fourth-order valence-corrected chi connectivity index (χ4v) is 2.36. The fourth-order valence-electron chi connectivity index (χ4n) is 2.36. The van der Waals surface area contributed by atoms with Crippen LogP contribution in [0.5, 0.6) is 0 Å². The largest absolute Gasteiger partial charge is 0.389 e. The summed E-state index contributed by atoms with van der Waals surface area (Å²) in [5, 5.41) is 13.8. The molecular weight excluding hydrogens is 174 g/mol. The van der Waals surface area contributed by atoms with Gasteiger partial charge in [-0.2, -0.15) is 0 Å². The zero-order chi connectivity index (χ0) is 10.0. The van der Waals surface area contributed by atoms with Gasteiger partial charge in [-0.25, -0.2) is 0 Å². The number of allylic oxidation sites excluding steroid dienone is 3. The molecule has 78 valence electrons. The van der Waals surface area contributed by atoms with E-state index in [9.17, 15) is 5.11 Å². The molecule has 1 atom stereocenters. The highest BCUT2D eigenvalue weighted by atomic mass is 16.3. The summed E-state index contributed by atoms with van der Waals surface area (Å²) < 4.78 is 0. The summed E-state index contributed by atoms with van der Waals surface area (Å²) in [5.74, 6) is 0.327. The molecule has 1 heterocycles. The summed E-state index contributed by atoms with van der Waals surface area (Å²) in [7, 11) is 0. The SMILES string of the molecule is CC1=CCC(C2(O)CCNCC2)C=C1. The Hall–Kier alpha value is -0.600. The molecule has 1 saturated heterocycles. The Kier molecular flexibility index (Phi) is 2.75. The standard InChI is InChI=1S/C12H19NO/c1-10-2-4-11(5-3-10)12(14)6-8-13-9-7-12/h2-4,11,13-14H,5-9H2,1H3. The monoisotopic (exact) mass is 193 g/mol. The topological polar surface area (TPSA) is 32.3 Å². The van der Waals surface area contributed by atoms with Gasteiger partial charge in [0, 0.05) is 5.92 Å². The van der Waals surface area contributed by atoms with Crippen LogP contribution in [0, 0.1) is 5.92 Å². The minimum Gasteiger partial charge on any atom is -0.389 e. The first-order valence-corrected chi connectivity index (χ1v) is 5.49. The van der Waals surface area contributed by atoms with Crippen molar-refractivity contribution in [2.75, 3.05) is 13.1 Å². The van der Waals surface area contributed by atoms with E-state index in [0.717, 1.165) is 32.4 Å². The highest BCUT2D eigenvalue weighted by Gasteiger charge is 2.36. The smallest absolute Gasteiger partial charge is 0.0737 e. The van der Waals surface area contributed by atoms with Crippen LogP contribution in [-0.2, 0) is 0 Å². The number of rotatable bonds is 1. The molecule has 0 saturated carbocycles. The Morgan fingerprint density at radius 1 is 1.43 bits per heavy atom. The van der Waals surface area contributed by atoms with Gasteiger partial charge in [-0.15, -0.1) is 0 Å². The third-order valence-electron chi connectivity index (χ3n) is 3.44. The van der Waals surface area contributed by atoms with E-state index in [1.54, 1.807) is 0 Å². The van der Waals surface area contributed by atoms with Crippen LogP contribution in [0.1, 0.15) is 26.2 Å². The van der Waals surface area contributed by atoms with Crippen molar-refractivity contribution in [3.8, 4) is 0 Å². The number of hydrogen-bond acceptors (Lipinski definition) is 2. The number of nitrogens with one attached hydrogen (secondary N) is 1. The molecule has 0 aromatic heterocycles. The number of aliphatic hydroxyl groups is 1. The fraction of sp³-hybridized carbons (Fsp3) is 0.667. The van der Waals surface area contributed by atoms with Crippen molar-refractivity contribution in [2.45, 2.75) is 31.8 Å². The van der Waals surface area contributed by atoms with Crippen molar-refractivity contribution in [2.24, 2.45) is 5.92 Å². The highest BCUT2D eigenvalue weighted by Crippen LogP contribution is 2.33. The predicted molar refractivity (Wildman–Crippen MR) is 58.1 cm³/mol. The van der Waals surface area contributed by atoms with Gasteiger partial charge in [0.25, 0.3) is 0 Å². The molecule has 0 radical (unpaired) electrons. The second-order valence-electron chi connectivity index (χ2n) is 4.50. The molecule has 1 aliphatic carbocycles. The molecule has 0 aromatic rings. The van der Waals surface area contributed by atoms with Gasteiger partial charge in [-0.3, -0.25) is 0 Å². The van der Waals surface area contributed by atoms with E-state index >= 15 is 0 Å². The van der Waals surface area contributed by atoms with E-state index in [0.29, 0.717) is 5.92 Å². The molecule has 2 rings (SSSR count). The summed E-state index contributed by atoms with van der Waals surface area (Å²) >= 11 is 0. The maximum atomic E-state index is 10.5. The zero-order valence-corrected chi connectivity index (χ0v) is 8.79. The molecule has 14 heavy (non-hydrogen) atoms. The first-order chi connectivity index (χ1) is 6.71. The Bertz CT molecular complexity index is 261. The lowest BCUT2D eigenvalue weighted by Crippen LogP contribution is -2.46. The van der Waals surface area contributed by atoms with Crippen molar-refractivity contribution in [3.63, 3.8) is 0 Å². The van der Waals surface area contributed by atoms with Gasteiger partial charge in [0.1, 0.15) is 0 Å². The molecular formula is C12H19NO. The Labute approximate surface area is 85.7 Å². The van der Waals surface area contributed by atoms with E-state index in [-0.39, 0.29) is 0 Å². The Morgan fingerprint density at radius 2 is 2.14 bits per heavy atom. The summed E-state index contributed by atoms with van der Waals surface area (Å²) in [6, 6.07) is 0. The lowest BCUT2D eigenvalue weighted by molar-refractivity contribution is -0.0267. The van der Waals surface area contributed by atoms with E-state index in [4.69, 9.17) is 0 Å². The van der Waals surface area contributed by atoms with Crippen molar-refractivity contribution >= 4 is 0 Å². The quantitative estimate of drug-likeness (QED) is 0.663. The van der Waals surface area contributed by atoms with Gasteiger partial charge >= 0.3 is 0 Å². The normalized spacial score (nSPS) is 31.3. The molecule has 0 aromatic carbocycles. The maximum Gasteiger partial charge on any atom is 0.0737 e. The highest BCUT2D eigenvalue weighted by molar-refractivity contribution is 5.23. The maximum absolute atomic E-state index is 10.5. The minimum absolute atomic E-state index is 0.327. The van der Waals surface area contributed by atoms with E-state index in [1.165, 1.54) is 5.57 Å². The molecule has 0 spiro atoms.